The first-order valence-electron chi connectivity index (χ1n) is 15.1. The van der Waals surface area contributed by atoms with Gasteiger partial charge in [0, 0.05) is 5.56 Å². The highest BCUT2D eigenvalue weighted by Crippen LogP contribution is 2.35. The molecule has 2 fully saturated rings. The first kappa shape index (κ1) is 31.4. The third-order valence-corrected chi connectivity index (χ3v) is 7.71. The fourth-order valence-electron chi connectivity index (χ4n) is 5.31. The van der Waals surface area contributed by atoms with Gasteiger partial charge in [-0.1, -0.05) is 109 Å². The van der Waals surface area contributed by atoms with Gasteiger partial charge in [-0.3, -0.25) is 4.90 Å². The molecule has 2 aliphatic rings. The van der Waals surface area contributed by atoms with Gasteiger partial charge in [0.05, 0.1) is 18.7 Å². The summed E-state index contributed by atoms with van der Waals surface area (Å²) in [6.45, 7) is 0.0511. The Kier molecular flexibility index (Phi) is 10.3. The molecule has 1 amide bonds. The van der Waals surface area contributed by atoms with Crippen molar-refractivity contribution in [3.63, 3.8) is 0 Å². The summed E-state index contributed by atoms with van der Waals surface area (Å²) < 4.78 is 35.8. The molecule has 10 heteroatoms. The molecule has 6 rings (SSSR count). The zero-order valence-corrected chi connectivity index (χ0v) is 25.0. The van der Waals surface area contributed by atoms with Gasteiger partial charge in [0.15, 0.2) is 18.7 Å². The smallest absolute Gasteiger partial charge is 0.412 e. The Balaban J connectivity index is 1.20. The Morgan fingerprint density at radius 2 is 1.39 bits per heavy atom. The zero-order chi connectivity index (χ0) is 31.7. The van der Waals surface area contributed by atoms with Gasteiger partial charge in [-0.25, -0.2) is 9.59 Å². The van der Waals surface area contributed by atoms with E-state index in [1.54, 1.807) is 30.3 Å². The van der Waals surface area contributed by atoms with Crippen molar-refractivity contribution in [2.75, 3.05) is 13.3 Å². The average Bonchev–Trinajstić information content (AvgIpc) is 3.12. The van der Waals surface area contributed by atoms with Crippen molar-refractivity contribution in [1.82, 2.24) is 4.90 Å². The van der Waals surface area contributed by atoms with E-state index in [1.807, 2.05) is 91.0 Å². The first-order chi connectivity index (χ1) is 22.5. The third-order valence-electron chi connectivity index (χ3n) is 7.71. The van der Waals surface area contributed by atoms with Crippen LogP contribution in [0.3, 0.4) is 0 Å². The van der Waals surface area contributed by atoms with Crippen LogP contribution in [0, 0.1) is 0 Å². The van der Waals surface area contributed by atoms with Gasteiger partial charge in [-0.05, 0) is 23.3 Å². The van der Waals surface area contributed by atoms with Crippen molar-refractivity contribution in [2.45, 2.75) is 50.1 Å². The van der Waals surface area contributed by atoms with Crippen LogP contribution in [0.25, 0.3) is 0 Å². The molecular weight excluding hydrogens is 590 g/mol. The fraction of sp³-hybridized carbons (Fsp3) is 0.278. The number of aliphatic hydroxyl groups excluding tert-OH is 1. The molecule has 0 aromatic heterocycles. The minimum absolute atomic E-state index is 0.0714. The number of amides is 1. The molecule has 0 aliphatic carbocycles. The largest absolute Gasteiger partial charge is 0.450 e. The standard InChI is InChI=1S/C36H35NO9/c38-30-31-29(23-41-34(46-31)28-19-11-4-12-20-28)44-35(32(30)45-33(39)27-17-9-3-10-18-27)43-24-37(21-25-13-5-1-6-14-25)36(40)42-22-26-15-7-2-8-16-26/h1-20,29-32,34-35,38H,21-24H2. The number of aliphatic hydroxyl groups is 1. The molecule has 6 atom stereocenters. The monoisotopic (exact) mass is 625 g/mol. The van der Waals surface area contributed by atoms with Crippen molar-refractivity contribution in [2.24, 2.45) is 0 Å². The molecule has 2 heterocycles. The number of esters is 1. The Morgan fingerprint density at radius 1 is 0.783 bits per heavy atom. The zero-order valence-electron chi connectivity index (χ0n) is 25.0. The number of fused-ring (bicyclic) bond motifs is 1. The van der Waals surface area contributed by atoms with Crippen LogP contribution >= 0.6 is 0 Å². The minimum atomic E-state index is -1.33. The number of ether oxygens (including phenoxy) is 6. The van der Waals surface area contributed by atoms with E-state index in [2.05, 4.69) is 0 Å². The summed E-state index contributed by atoms with van der Waals surface area (Å²) in [5, 5.41) is 11.6. The summed E-state index contributed by atoms with van der Waals surface area (Å²) in [6.07, 6.45) is -6.87. The van der Waals surface area contributed by atoms with Crippen molar-refractivity contribution in [1.29, 1.82) is 0 Å². The molecule has 46 heavy (non-hydrogen) atoms. The van der Waals surface area contributed by atoms with Crippen molar-refractivity contribution >= 4 is 12.1 Å². The van der Waals surface area contributed by atoms with Crippen LogP contribution in [-0.4, -0.2) is 66.1 Å². The Bertz CT molecular complexity index is 1540. The van der Waals surface area contributed by atoms with Crippen molar-refractivity contribution in [3.05, 3.63) is 144 Å². The van der Waals surface area contributed by atoms with E-state index >= 15 is 0 Å². The summed E-state index contributed by atoms with van der Waals surface area (Å²) in [5.74, 6) is -0.671. The van der Waals surface area contributed by atoms with Gasteiger partial charge in [0.1, 0.15) is 31.6 Å². The summed E-state index contributed by atoms with van der Waals surface area (Å²) in [4.78, 5) is 27.8. The van der Waals surface area contributed by atoms with Crippen LogP contribution in [0.1, 0.15) is 33.3 Å². The quantitative estimate of drug-likeness (QED) is 0.187. The van der Waals surface area contributed by atoms with Gasteiger partial charge in [-0.15, -0.1) is 0 Å². The first-order valence-corrected chi connectivity index (χ1v) is 15.1. The summed E-state index contributed by atoms with van der Waals surface area (Å²) >= 11 is 0. The second-order valence-electron chi connectivity index (χ2n) is 11.0. The highest BCUT2D eigenvalue weighted by atomic mass is 16.8. The van der Waals surface area contributed by atoms with Gasteiger partial charge in [0.25, 0.3) is 0 Å². The van der Waals surface area contributed by atoms with Crippen LogP contribution in [-0.2, 0) is 41.6 Å². The summed E-state index contributed by atoms with van der Waals surface area (Å²) in [5.41, 5.74) is 2.75. The number of benzene rings is 4. The van der Waals surface area contributed by atoms with Gasteiger partial charge < -0.3 is 33.5 Å². The second kappa shape index (κ2) is 15.1. The lowest BCUT2D eigenvalue weighted by Crippen LogP contribution is -2.63. The lowest BCUT2D eigenvalue weighted by molar-refractivity contribution is -0.363. The van der Waals surface area contributed by atoms with E-state index < -0.39 is 49.1 Å². The van der Waals surface area contributed by atoms with Crippen LogP contribution < -0.4 is 0 Å². The third kappa shape index (κ3) is 7.79. The lowest BCUT2D eigenvalue weighted by Gasteiger charge is -2.47. The predicted molar refractivity (Wildman–Crippen MR) is 165 cm³/mol. The molecule has 1 N–H and O–H groups in total. The maximum atomic E-state index is 13.3. The van der Waals surface area contributed by atoms with E-state index in [0.717, 1.165) is 16.7 Å². The minimum Gasteiger partial charge on any atom is -0.450 e. The maximum Gasteiger partial charge on any atom is 0.412 e. The van der Waals surface area contributed by atoms with Gasteiger partial charge in [0.2, 0.25) is 0 Å². The summed E-state index contributed by atoms with van der Waals surface area (Å²) in [7, 11) is 0. The normalized spacial score (nSPS) is 23.9. The molecule has 6 unspecified atom stereocenters. The van der Waals surface area contributed by atoms with E-state index in [-0.39, 0.29) is 26.5 Å². The van der Waals surface area contributed by atoms with E-state index in [4.69, 9.17) is 28.4 Å². The number of hydrogen-bond donors (Lipinski definition) is 1. The van der Waals surface area contributed by atoms with Gasteiger partial charge in [-0.2, -0.15) is 0 Å². The molecule has 10 nitrogen and oxygen atoms in total. The predicted octanol–water partition coefficient (Wildman–Crippen LogP) is 5.23. The second-order valence-corrected chi connectivity index (χ2v) is 11.0. The Morgan fingerprint density at radius 3 is 2.07 bits per heavy atom. The van der Waals surface area contributed by atoms with Crippen LogP contribution in [0.4, 0.5) is 4.79 Å². The average molecular weight is 626 g/mol. The molecule has 0 spiro atoms. The Labute approximate surface area is 267 Å². The van der Waals surface area contributed by atoms with Gasteiger partial charge >= 0.3 is 12.1 Å². The lowest BCUT2D eigenvalue weighted by atomic mass is 9.97. The molecule has 2 aliphatic heterocycles. The van der Waals surface area contributed by atoms with Crippen LogP contribution in [0.5, 0.6) is 0 Å². The molecular formula is C36H35NO9. The highest BCUT2D eigenvalue weighted by Gasteiger charge is 2.52. The van der Waals surface area contributed by atoms with E-state index in [9.17, 15) is 14.7 Å². The fourth-order valence-corrected chi connectivity index (χ4v) is 5.31. The SMILES string of the molecule is O=C(OC1C(OCN(Cc2ccccc2)C(=O)OCc2ccccc2)OC2COC(c3ccccc3)OC2C1O)c1ccccc1. The molecule has 4 aromatic rings. The molecule has 238 valence electrons. The van der Waals surface area contributed by atoms with E-state index in [1.165, 1.54) is 4.90 Å². The number of carbonyl (C=O) groups excluding carboxylic acids is 2. The van der Waals surface area contributed by atoms with Crippen LogP contribution in [0.15, 0.2) is 121 Å². The molecule has 2 saturated heterocycles. The number of nitrogens with zero attached hydrogens (tertiary/aromatic N) is 1. The van der Waals surface area contributed by atoms with Crippen LogP contribution in [0.2, 0.25) is 0 Å². The number of carbonyl (C=O) groups is 2. The topological polar surface area (TPSA) is 113 Å². The van der Waals surface area contributed by atoms with Crippen molar-refractivity contribution in [3.8, 4) is 0 Å². The number of rotatable bonds is 10. The summed E-state index contributed by atoms with van der Waals surface area (Å²) in [6, 6.07) is 36.5. The van der Waals surface area contributed by atoms with E-state index in [0.29, 0.717) is 5.56 Å². The maximum absolute atomic E-state index is 13.3. The number of hydrogen-bond acceptors (Lipinski definition) is 9. The highest BCUT2D eigenvalue weighted by molar-refractivity contribution is 5.89. The van der Waals surface area contributed by atoms with Crippen molar-refractivity contribution < 1.29 is 43.1 Å². The molecule has 0 bridgehead atoms. The molecule has 4 aromatic carbocycles. The molecule has 0 saturated carbocycles. The Hall–Kier alpha value is -4.58. The molecule has 0 radical (unpaired) electrons.